The molecule has 0 amide bonds. The van der Waals surface area contributed by atoms with E-state index in [0.29, 0.717) is 10.9 Å². The van der Waals surface area contributed by atoms with Crippen LogP contribution in [-0.2, 0) is 6.54 Å². The molecule has 5 rings (SSSR count). The van der Waals surface area contributed by atoms with E-state index in [1.807, 2.05) is 35.7 Å². The van der Waals surface area contributed by atoms with E-state index in [1.165, 1.54) is 5.56 Å². The lowest BCUT2D eigenvalue weighted by molar-refractivity contribution is 0.190. The summed E-state index contributed by atoms with van der Waals surface area (Å²) in [6.45, 7) is 8.97. The minimum atomic E-state index is -0.120. The lowest BCUT2D eigenvalue weighted by Gasteiger charge is -2.33. The summed E-state index contributed by atoms with van der Waals surface area (Å²) >= 11 is 1.70. The Morgan fingerprint density at radius 1 is 0.970 bits per heavy atom. The highest BCUT2D eigenvalue weighted by atomic mass is 32.2. The molecule has 3 heterocycles. The van der Waals surface area contributed by atoms with Crippen LogP contribution in [0.3, 0.4) is 0 Å². The largest absolute Gasteiger partial charge is 0.328 e. The fourth-order valence-corrected chi connectivity index (χ4v) is 4.88. The molecule has 0 radical (unpaired) electrons. The lowest BCUT2D eigenvalue weighted by atomic mass is 9.97. The number of rotatable bonds is 6. The van der Waals surface area contributed by atoms with Crippen molar-refractivity contribution in [3.05, 3.63) is 101 Å². The third kappa shape index (κ3) is 4.78. The van der Waals surface area contributed by atoms with Gasteiger partial charge in [0, 0.05) is 50.0 Å². The molecule has 0 unspecified atom stereocenters. The molecule has 0 spiro atoms. The number of nitrogens with zero attached hydrogens (tertiary/aromatic N) is 3. The summed E-state index contributed by atoms with van der Waals surface area (Å²) in [5, 5.41) is 2.50. The topological polar surface area (TPSA) is 52.2 Å². The Labute approximate surface area is 197 Å². The summed E-state index contributed by atoms with van der Waals surface area (Å²) in [5.74, 6) is 0. The second-order valence-electron chi connectivity index (χ2n) is 8.16. The standard InChI is InChI=1S/C27H26N4OS/c1-2-33-31-16-14-30(15-17-31)19-20-8-10-22(11-9-20)26-23(21-6-4-3-5-7-21)18-24-25(29-26)12-13-28-27(24)32/h2-13,18H,1,14-17,19H2,(H,28,32). The van der Waals surface area contributed by atoms with Crippen LogP contribution in [-0.4, -0.2) is 45.4 Å². The quantitative estimate of drug-likeness (QED) is 0.408. The van der Waals surface area contributed by atoms with Gasteiger partial charge >= 0.3 is 0 Å². The second kappa shape index (κ2) is 9.75. The normalized spacial score (nSPS) is 15.0. The van der Waals surface area contributed by atoms with E-state index in [1.54, 1.807) is 18.1 Å². The van der Waals surface area contributed by atoms with Crippen molar-refractivity contribution in [3.8, 4) is 22.4 Å². The van der Waals surface area contributed by atoms with E-state index in [4.69, 9.17) is 4.98 Å². The molecular weight excluding hydrogens is 428 g/mol. The molecule has 33 heavy (non-hydrogen) atoms. The summed E-state index contributed by atoms with van der Waals surface area (Å²) in [6.07, 6.45) is 1.65. The van der Waals surface area contributed by atoms with Gasteiger partial charge in [-0.15, -0.1) is 0 Å². The average Bonchev–Trinajstić information content (AvgIpc) is 2.86. The molecule has 1 saturated heterocycles. The third-order valence-corrected chi connectivity index (χ3v) is 6.84. The van der Waals surface area contributed by atoms with Crippen molar-refractivity contribution in [2.45, 2.75) is 6.54 Å². The fraction of sp³-hybridized carbons (Fsp3) is 0.185. The molecule has 2 aromatic carbocycles. The highest BCUT2D eigenvalue weighted by molar-refractivity contribution is 7.99. The summed E-state index contributed by atoms with van der Waals surface area (Å²) < 4.78 is 2.36. The van der Waals surface area contributed by atoms with Gasteiger partial charge in [0.1, 0.15) is 0 Å². The van der Waals surface area contributed by atoms with Gasteiger partial charge < -0.3 is 4.98 Å². The second-order valence-corrected chi connectivity index (χ2v) is 9.22. The minimum Gasteiger partial charge on any atom is -0.328 e. The Kier molecular flexibility index (Phi) is 6.39. The Morgan fingerprint density at radius 3 is 2.45 bits per heavy atom. The number of pyridine rings is 2. The van der Waals surface area contributed by atoms with E-state index in [0.717, 1.165) is 55.1 Å². The van der Waals surface area contributed by atoms with E-state index < -0.39 is 0 Å². The first-order valence-electron chi connectivity index (χ1n) is 11.1. The molecule has 0 atom stereocenters. The highest BCUT2D eigenvalue weighted by Gasteiger charge is 2.17. The van der Waals surface area contributed by atoms with Crippen molar-refractivity contribution < 1.29 is 0 Å². The molecule has 1 aliphatic heterocycles. The Bertz CT molecular complexity index is 1310. The average molecular weight is 455 g/mol. The molecule has 1 aliphatic rings. The Hall–Kier alpha value is -3.19. The first-order chi connectivity index (χ1) is 16.2. The van der Waals surface area contributed by atoms with Crippen LogP contribution in [0.15, 0.2) is 89.7 Å². The van der Waals surface area contributed by atoms with Gasteiger partial charge in [-0.2, -0.15) is 0 Å². The molecule has 2 aromatic heterocycles. The number of hydrogen-bond acceptors (Lipinski definition) is 5. The summed E-state index contributed by atoms with van der Waals surface area (Å²) in [5.41, 5.74) is 5.82. The fourth-order valence-electron chi connectivity index (χ4n) is 4.29. The summed E-state index contributed by atoms with van der Waals surface area (Å²) in [4.78, 5) is 22.5. The maximum Gasteiger partial charge on any atom is 0.257 e. The van der Waals surface area contributed by atoms with Crippen molar-refractivity contribution in [2.75, 3.05) is 26.2 Å². The molecule has 166 valence electrons. The zero-order chi connectivity index (χ0) is 22.6. The predicted molar refractivity (Wildman–Crippen MR) is 138 cm³/mol. The van der Waals surface area contributed by atoms with Crippen LogP contribution in [0.4, 0.5) is 0 Å². The Balaban J connectivity index is 1.44. The number of aromatic nitrogens is 2. The number of H-pyrrole nitrogens is 1. The SMILES string of the molecule is C=CSN1CCN(Cc2ccc(-c3nc4cc[nH]c(=O)c4cc3-c3ccccc3)cc2)CC1. The van der Waals surface area contributed by atoms with Crippen molar-refractivity contribution in [3.63, 3.8) is 0 Å². The maximum atomic E-state index is 12.4. The minimum absolute atomic E-state index is 0.120. The first kappa shape index (κ1) is 21.6. The smallest absolute Gasteiger partial charge is 0.257 e. The number of hydrogen-bond donors (Lipinski definition) is 1. The zero-order valence-electron chi connectivity index (χ0n) is 18.4. The lowest BCUT2D eigenvalue weighted by Crippen LogP contribution is -2.42. The summed E-state index contributed by atoms with van der Waals surface area (Å²) in [6, 6.07) is 22.6. The number of aromatic amines is 1. The van der Waals surface area contributed by atoms with Gasteiger partial charge in [-0.25, -0.2) is 9.29 Å². The molecule has 0 bridgehead atoms. The van der Waals surface area contributed by atoms with Crippen molar-refractivity contribution in [1.82, 2.24) is 19.2 Å². The molecular formula is C27H26N4OS. The number of nitrogens with one attached hydrogen (secondary N) is 1. The van der Waals surface area contributed by atoms with Crippen LogP contribution >= 0.6 is 11.9 Å². The van der Waals surface area contributed by atoms with Gasteiger partial charge in [0.15, 0.2) is 0 Å². The van der Waals surface area contributed by atoms with Crippen LogP contribution in [0.5, 0.6) is 0 Å². The number of benzene rings is 2. The van der Waals surface area contributed by atoms with Gasteiger partial charge in [-0.1, -0.05) is 73.1 Å². The highest BCUT2D eigenvalue weighted by Crippen LogP contribution is 2.32. The van der Waals surface area contributed by atoms with E-state index in [-0.39, 0.29) is 5.56 Å². The van der Waals surface area contributed by atoms with Crippen molar-refractivity contribution >= 4 is 22.9 Å². The molecule has 1 fully saturated rings. The molecule has 4 aromatic rings. The first-order valence-corrected chi connectivity index (χ1v) is 12.0. The van der Waals surface area contributed by atoms with Gasteiger partial charge in [0.25, 0.3) is 5.56 Å². The molecule has 0 saturated carbocycles. The van der Waals surface area contributed by atoms with Crippen LogP contribution in [0.25, 0.3) is 33.3 Å². The van der Waals surface area contributed by atoms with Gasteiger partial charge in [-0.05, 0) is 28.7 Å². The van der Waals surface area contributed by atoms with Gasteiger partial charge in [-0.3, -0.25) is 9.69 Å². The molecule has 5 nitrogen and oxygen atoms in total. The van der Waals surface area contributed by atoms with Gasteiger partial charge in [0.2, 0.25) is 0 Å². The monoisotopic (exact) mass is 454 g/mol. The maximum absolute atomic E-state index is 12.4. The van der Waals surface area contributed by atoms with E-state index >= 15 is 0 Å². The Morgan fingerprint density at radius 2 is 1.73 bits per heavy atom. The summed E-state index contributed by atoms with van der Waals surface area (Å²) in [7, 11) is 0. The van der Waals surface area contributed by atoms with E-state index in [9.17, 15) is 4.79 Å². The van der Waals surface area contributed by atoms with Crippen LogP contribution in [0.1, 0.15) is 5.56 Å². The molecule has 0 aliphatic carbocycles. The molecule has 6 heteroatoms. The third-order valence-electron chi connectivity index (χ3n) is 6.03. The van der Waals surface area contributed by atoms with Crippen LogP contribution in [0.2, 0.25) is 0 Å². The number of fused-ring (bicyclic) bond motifs is 1. The molecule has 1 N–H and O–H groups in total. The van der Waals surface area contributed by atoms with Crippen LogP contribution < -0.4 is 5.56 Å². The van der Waals surface area contributed by atoms with Crippen molar-refractivity contribution in [2.24, 2.45) is 0 Å². The number of piperazine rings is 1. The van der Waals surface area contributed by atoms with Crippen molar-refractivity contribution in [1.29, 1.82) is 0 Å². The zero-order valence-corrected chi connectivity index (χ0v) is 19.2. The van der Waals surface area contributed by atoms with Gasteiger partial charge in [0.05, 0.1) is 16.6 Å². The van der Waals surface area contributed by atoms with E-state index in [2.05, 4.69) is 57.2 Å². The predicted octanol–water partition coefficient (Wildman–Crippen LogP) is 5.17. The van der Waals surface area contributed by atoms with Crippen LogP contribution in [0, 0.1) is 0 Å².